The minimum absolute atomic E-state index is 0.156. The number of amides is 4. The van der Waals surface area contributed by atoms with Crippen LogP contribution in [0.15, 0.2) is 18.2 Å². The van der Waals surface area contributed by atoms with Crippen molar-refractivity contribution in [2.24, 2.45) is 7.05 Å². The molecule has 2 aliphatic heterocycles. The van der Waals surface area contributed by atoms with Crippen molar-refractivity contribution >= 4 is 40.3 Å². The molecule has 10 heteroatoms. The molecule has 0 bridgehead atoms. The van der Waals surface area contributed by atoms with E-state index >= 15 is 4.39 Å². The van der Waals surface area contributed by atoms with Gasteiger partial charge in [0.05, 0.1) is 5.52 Å². The maximum atomic E-state index is 15.3. The fourth-order valence-electron chi connectivity index (χ4n) is 4.17. The summed E-state index contributed by atoms with van der Waals surface area (Å²) in [5, 5.41) is 7.17. The summed E-state index contributed by atoms with van der Waals surface area (Å²) in [6.45, 7) is 7.87. The van der Waals surface area contributed by atoms with Gasteiger partial charge in [0.25, 0.3) is 0 Å². The summed E-state index contributed by atoms with van der Waals surface area (Å²) in [4.78, 5) is 39.2. The molecule has 33 heavy (non-hydrogen) atoms. The van der Waals surface area contributed by atoms with Crippen LogP contribution in [0.4, 0.5) is 19.8 Å². The fraction of sp³-hybridized carbons (Fsp3) is 0.478. The van der Waals surface area contributed by atoms with Crippen LogP contribution in [0, 0.1) is 5.82 Å². The number of imide groups is 1. The molecule has 0 unspecified atom stereocenters. The van der Waals surface area contributed by atoms with E-state index in [1.807, 2.05) is 33.8 Å². The van der Waals surface area contributed by atoms with Crippen LogP contribution < -0.4 is 10.2 Å². The lowest BCUT2D eigenvalue weighted by atomic mass is 9.94. The quantitative estimate of drug-likeness (QED) is 0.744. The highest BCUT2D eigenvalue weighted by Crippen LogP contribution is 2.34. The van der Waals surface area contributed by atoms with Crippen LogP contribution >= 0.6 is 0 Å². The average molecular weight is 458 g/mol. The molecule has 0 aliphatic carbocycles. The number of nitrogens with zero attached hydrogens (tertiary/aromatic N) is 4. The number of anilines is 1. The molecule has 176 valence electrons. The number of aromatic nitrogens is 2. The summed E-state index contributed by atoms with van der Waals surface area (Å²) in [6.07, 6.45) is 2.08. The second kappa shape index (κ2) is 8.17. The first-order chi connectivity index (χ1) is 15.4. The minimum Gasteiger partial charge on any atom is -0.444 e. The molecule has 2 aliphatic rings. The topological polar surface area (TPSA) is 96.8 Å². The molecule has 0 saturated carbocycles. The van der Waals surface area contributed by atoms with Crippen molar-refractivity contribution in [3.63, 3.8) is 0 Å². The Morgan fingerprint density at radius 3 is 2.64 bits per heavy atom. The predicted octanol–water partition coefficient (Wildman–Crippen LogP) is 3.57. The summed E-state index contributed by atoms with van der Waals surface area (Å²) in [5.41, 5.74) is 1.30. The number of ether oxygens (including phenoxy) is 1. The van der Waals surface area contributed by atoms with Crippen LogP contribution in [-0.2, 0) is 16.6 Å². The van der Waals surface area contributed by atoms with Gasteiger partial charge in [0.2, 0.25) is 5.91 Å². The summed E-state index contributed by atoms with van der Waals surface area (Å²) in [7, 11) is 1.72. The fourth-order valence-corrected chi connectivity index (χ4v) is 4.17. The van der Waals surface area contributed by atoms with Crippen molar-refractivity contribution in [3.8, 4) is 0 Å². The van der Waals surface area contributed by atoms with Gasteiger partial charge in [0.1, 0.15) is 11.4 Å². The van der Waals surface area contributed by atoms with Crippen molar-refractivity contribution < 1.29 is 23.5 Å². The van der Waals surface area contributed by atoms with Crippen LogP contribution in [-0.4, -0.2) is 57.4 Å². The number of hydrogen-bond donors (Lipinski definition) is 1. The second-order valence-electron chi connectivity index (χ2n) is 9.47. The number of fused-ring (bicyclic) bond motifs is 1. The van der Waals surface area contributed by atoms with Gasteiger partial charge >= 0.3 is 12.1 Å². The zero-order valence-corrected chi connectivity index (χ0v) is 19.4. The first kappa shape index (κ1) is 22.8. The number of carbonyl (C=O) groups excluding carboxylic acids is 3. The third-order valence-corrected chi connectivity index (χ3v) is 5.79. The predicted molar refractivity (Wildman–Crippen MR) is 121 cm³/mol. The second-order valence-corrected chi connectivity index (χ2v) is 9.47. The lowest BCUT2D eigenvalue weighted by molar-refractivity contribution is -0.120. The van der Waals surface area contributed by atoms with Crippen molar-refractivity contribution in [3.05, 3.63) is 29.6 Å². The van der Waals surface area contributed by atoms with Gasteiger partial charge in [0.15, 0.2) is 5.82 Å². The van der Waals surface area contributed by atoms with Crippen LogP contribution in [0.1, 0.15) is 46.1 Å². The van der Waals surface area contributed by atoms with Gasteiger partial charge < -0.3 is 9.64 Å². The standard InChI is InChI=1S/C23H28FN5O4/c1-13-10-14(6-8-28(13)22(32)33-23(2,3)4)15-12-18-16(11-17(15)24)20(26-27(18)5)29-9-7-19(30)25-21(29)31/h6,11-13H,7-10H2,1-5H3,(H,25,30,31)/t13-/m1/s1. The van der Waals surface area contributed by atoms with Crippen molar-refractivity contribution in [2.75, 3.05) is 18.0 Å². The van der Waals surface area contributed by atoms with E-state index in [-0.39, 0.29) is 24.9 Å². The molecule has 1 fully saturated rings. The van der Waals surface area contributed by atoms with Crippen molar-refractivity contribution in [2.45, 2.75) is 52.2 Å². The van der Waals surface area contributed by atoms with Crippen molar-refractivity contribution in [1.29, 1.82) is 0 Å². The SMILES string of the molecule is C[C@@H]1CC(c2cc3c(cc2F)c(N2CCC(=O)NC2=O)nn3C)=CCN1C(=O)OC(C)(C)C. The van der Waals surface area contributed by atoms with E-state index in [1.165, 1.54) is 11.0 Å². The Morgan fingerprint density at radius 2 is 2.00 bits per heavy atom. The molecular weight excluding hydrogens is 429 g/mol. The lowest BCUT2D eigenvalue weighted by Gasteiger charge is -2.34. The number of urea groups is 1. The minimum atomic E-state index is -0.590. The summed E-state index contributed by atoms with van der Waals surface area (Å²) in [6, 6.07) is 2.37. The molecule has 1 saturated heterocycles. The zero-order chi connectivity index (χ0) is 24.1. The molecule has 4 rings (SSSR count). The Labute approximate surface area is 191 Å². The number of aryl methyl sites for hydroxylation is 1. The number of benzene rings is 1. The highest BCUT2D eigenvalue weighted by Gasteiger charge is 2.31. The van der Waals surface area contributed by atoms with Gasteiger partial charge in [-0.05, 0) is 51.8 Å². The summed E-state index contributed by atoms with van der Waals surface area (Å²) < 4.78 is 22.3. The van der Waals surface area contributed by atoms with Crippen LogP contribution in [0.25, 0.3) is 16.5 Å². The van der Waals surface area contributed by atoms with E-state index in [9.17, 15) is 14.4 Å². The Morgan fingerprint density at radius 1 is 1.27 bits per heavy atom. The van der Waals surface area contributed by atoms with Gasteiger partial charge in [0, 0.05) is 43.5 Å². The van der Waals surface area contributed by atoms with Gasteiger partial charge in [-0.25, -0.2) is 14.0 Å². The number of rotatable bonds is 2. The number of hydrogen-bond acceptors (Lipinski definition) is 5. The first-order valence-electron chi connectivity index (χ1n) is 10.9. The van der Waals surface area contributed by atoms with E-state index in [2.05, 4.69) is 10.4 Å². The van der Waals surface area contributed by atoms with E-state index in [0.29, 0.717) is 35.2 Å². The molecule has 0 radical (unpaired) electrons. The first-order valence-corrected chi connectivity index (χ1v) is 10.9. The third-order valence-electron chi connectivity index (χ3n) is 5.79. The number of halogens is 1. The molecule has 2 aromatic rings. The van der Waals surface area contributed by atoms with Gasteiger partial charge in [-0.15, -0.1) is 0 Å². The van der Waals surface area contributed by atoms with Gasteiger partial charge in [-0.1, -0.05) is 6.08 Å². The van der Waals surface area contributed by atoms with Crippen LogP contribution in [0.3, 0.4) is 0 Å². The van der Waals surface area contributed by atoms with E-state index in [4.69, 9.17) is 4.74 Å². The Kier molecular flexibility index (Phi) is 5.63. The van der Waals surface area contributed by atoms with E-state index < -0.39 is 23.5 Å². The molecule has 1 atom stereocenters. The zero-order valence-electron chi connectivity index (χ0n) is 19.4. The Bertz CT molecular complexity index is 1180. The smallest absolute Gasteiger partial charge is 0.410 e. The molecule has 4 amide bonds. The van der Waals surface area contributed by atoms with Crippen LogP contribution in [0.2, 0.25) is 0 Å². The molecule has 0 spiro atoms. The lowest BCUT2D eigenvalue weighted by Crippen LogP contribution is -2.49. The highest BCUT2D eigenvalue weighted by molar-refractivity contribution is 6.09. The Balaban J connectivity index is 1.64. The molecule has 3 heterocycles. The molecule has 1 aromatic carbocycles. The largest absolute Gasteiger partial charge is 0.444 e. The molecular formula is C23H28FN5O4. The van der Waals surface area contributed by atoms with E-state index in [0.717, 1.165) is 5.57 Å². The number of carbonyl (C=O) groups is 3. The highest BCUT2D eigenvalue weighted by atomic mass is 19.1. The molecule has 1 aromatic heterocycles. The number of nitrogens with one attached hydrogen (secondary N) is 1. The molecule has 1 N–H and O–H groups in total. The van der Waals surface area contributed by atoms with Gasteiger partial charge in [-0.2, -0.15) is 5.10 Å². The summed E-state index contributed by atoms with van der Waals surface area (Å²) in [5.74, 6) is -0.469. The van der Waals surface area contributed by atoms with E-state index in [1.54, 1.807) is 22.7 Å². The summed E-state index contributed by atoms with van der Waals surface area (Å²) >= 11 is 0. The van der Waals surface area contributed by atoms with Gasteiger partial charge in [-0.3, -0.25) is 19.7 Å². The maximum Gasteiger partial charge on any atom is 0.410 e. The average Bonchev–Trinajstić information content (AvgIpc) is 3.01. The van der Waals surface area contributed by atoms with Crippen LogP contribution in [0.5, 0.6) is 0 Å². The normalized spacial score (nSPS) is 19.6. The Hall–Kier alpha value is -3.43. The molecule has 9 nitrogen and oxygen atoms in total. The van der Waals surface area contributed by atoms with Crippen molar-refractivity contribution in [1.82, 2.24) is 20.0 Å². The maximum absolute atomic E-state index is 15.3. The third kappa shape index (κ3) is 4.42. The monoisotopic (exact) mass is 457 g/mol.